The zero-order chi connectivity index (χ0) is 14.5. The maximum atomic E-state index is 11.3. The summed E-state index contributed by atoms with van der Waals surface area (Å²) in [6, 6.07) is 6.03. The highest BCUT2D eigenvalue weighted by molar-refractivity contribution is 7.92. The zero-order valence-electron chi connectivity index (χ0n) is 10.2. The SMILES string of the molecule is CS(=O)(=O)Nc1ccc(NC(=O)CCC(=O)O)cc1. The van der Waals surface area contributed by atoms with E-state index in [-0.39, 0.29) is 12.8 Å². The van der Waals surface area contributed by atoms with E-state index in [1.165, 1.54) is 24.3 Å². The van der Waals surface area contributed by atoms with Crippen molar-refractivity contribution >= 4 is 33.3 Å². The number of rotatable bonds is 6. The van der Waals surface area contributed by atoms with Crippen molar-refractivity contribution in [3.63, 3.8) is 0 Å². The van der Waals surface area contributed by atoms with Crippen molar-refractivity contribution in [2.24, 2.45) is 0 Å². The predicted octanol–water partition coefficient (Wildman–Crippen LogP) is 0.861. The Kier molecular flexibility index (Phi) is 4.87. The van der Waals surface area contributed by atoms with Crippen LogP contribution in [0.2, 0.25) is 0 Å². The van der Waals surface area contributed by atoms with Gasteiger partial charge in [-0.05, 0) is 24.3 Å². The van der Waals surface area contributed by atoms with Gasteiger partial charge in [0.1, 0.15) is 0 Å². The molecule has 0 saturated carbocycles. The Morgan fingerprint density at radius 2 is 1.63 bits per heavy atom. The van der Waals surface area contributed by atoms with Crippen molar-refractivity contribution in [2.75, 3.05) is 16.3 Å². The molecule has 0 aliphatic carbocycles. The van der Waals surface area contributed by atoms with Gasteiger partial charge < -0.3 is 10.4 Å². The molecule has 1 amide bonds. The molecule has 0 aliphatic heterocycles. The van der Waals surface area contributed by atoms with E-state index in [1.54, 1.807) is 0 Å². The predicted molar refractivity (Wildman–Crippen MR) is 70.4 cm³/mol. The average molecular weight is 286 g/mol. The van der Waals surface area contributed by atoms with Gasteiger partial charge in [-0.25, -0.2) is 8.42 Å². The van der Waals surface area contributed by atoms with Gasteiger partial charge in [-0.2, -0.15) is 0 Å². The van der Waals surface area contributed by atoms with E-state index in [4.69, 9.17) is 5.11 Å². The van der Waals surface area contributed by atoms with Crippen LogP contribution in [0.1, 0.15) is 12.8 Å². The van der Waals surface area contributed by atoms with Gasteiger partial charge in [0.2, 0.25) is 15.9 Å². The Balaban J connectivity index is 2.57. The second-order valence-electron chi connectivity index (χ2n) is 3.89. The van der Waals surface area contributed by atoms with Crippen LogP contribution in [0.15, 0.2) is 24.3 Å². The normalized spacial score (nSPS) is 10.8. The second kappa shape index (κ2) is 6.19. The van der Waals surface area contributed by atoms with E-state index >= 15 is 0 Å². The Hall–Kier alpha value is -2.09. The summed E-state index contributed by atoms with van der Waals surface area (Å²) in [4.78, 5) is 21.6. The summed E-state index contributed by atoms with van der Waals surface area (Å²) in [7, 11) is -3.33. The highest BCUT2D eigenvalue weighted by Crippen LogP contribution is 2.14. The van der Waals surface area contributed by atoms with Crippen LogP contribution in [-0.4, -0.2) is 31.7 Å². The molecule has 0 heterocycles. The minimum Gasteiger partial charge on any atom is -0.481 e. The topological polar surface area (TPSA) is 113 Å². The zero-order valence-corrected chi connectivity index (χ0v) is 11.0. The number of benzene rings is 1. The van der Waals surface area contributed by atoms with Gasteiger partial charge >= 0.3 is 5.97 Å². The number of nitrogens with one attached hydrogen (secondary N) is 2. The fourth-order valence-electron chi connectivity index (χ4n) is 1.28. The molecular weight excluding hydrogens is 272 g/mol. The second-order valence-corrected chi connectivity index (χ2v) is 5.64. The van der Waals surface area contributed by atoms with Crippen molar-refractivity contribution < 1.29 is 23.1 Å². The average Bonchev–Trinajstić information content (AvgIpc) is 2.27. The molecular formula is C11H14N2O5S. The van der Waals surface area contributed by atoms with Crippen molar-refractivity contribution in [3.8, 4) is 0 Å². The van der Waals surface area contributed by atoms with Gasteiger partial charge in [0, 0.05) is 17.8 Å². The van der Waals surface area contributed by atoms with Crippen molar-refractivity contribution in [1.29, 1.82) is 0 Å². The van der Waals surface area contributed by atoms with Crippen molar-refractivity contribution in [2.45, 2.75) is 12.8 Å². The molecule has 0 aliphatic rings. The summed E-state index contributed by atoms with van der Waals surface area (Å²) in [5.41, 5.74) is 0.848. The highest BCUT2D eigenvalue weighted by Gasteiger charge is 2.06. The van der Waals surface area contributed by atoms with Gasteiger partial charge in [-0.15, -0.1) is 0 Å². The summed E-state index contributed by atoms with van der Waals surface area (Å²) < 4.78 is 24.2. The van der Waals surface area contributed by atoms with E-state index < -0.39 is 21.9 Å². The molecule has 104 valence electrons. The van der Waals surface area contributed by atoms with Gasteiger partial charge in [-0.1, -0.05) is 0 Å². The summed E-state index contributed by atoms with van der Waals surface area (Å²) in [6.45, 7) is 0. The van der Waals surface area contributed by atoms with Crippen LogP contribution in [0.5, 0.6) is 0 Å². The number of sulfonamides is 1. The summed E-state index contributed by atoms with van der Waals surface area (Å²) in [6.07, 6.45) is 0.687. The van der Waals surface area contributed by atoms with Crippen LogP contribution in [0.3, 0.4) is 0 Å². The maximum absolute atomic E-state index is 11.3. The first-order valence-electron chi connectivity index (χ1n) is 5.36. The molecule has 0 saturated heterocycles. The third-order valence-electron chi connectivity index (χ3n) is 2.04. The molecule has 0 aromatic heterocycles. The molecule has 0 bridgehead atoms. The smallest absolute Gasteiger partial charge is 0.303 e. The molecule has 0 atom stereocenters. The van der Waals surface area contributed by atoms with Crippen LogP contribution in [0.25, 0.3) is 0 Å². The molecule has 3 N–H and O–H groups in total. The van der Waals surface area contributed by atoms with Crippen molar-refractivity contribution in [3.05, 3.63) is 24.3 Å². The van der Waals surface area contributed by atoms with Crippen LogP contribution in [0.4, 0.5) is 11.4 Å². The van der Waals surface area contributed by atoms with E-state index in [1.807, 2.05) is 0 Å². The van der Waals surface area contributed by atoms with Crippen LogP contribution < -0.4 is 10.0 Å². The molecule has 0 fully saturated rings. The monoisotopic (exact) mass is 286 g/mol. The number of carboxylic acids is 1. The lowest BCUT2D eigenvalue weighted by atomic mass is 10.2. The third kappa shape index (κ3) is 6.41. The Morgan fingerprint density at radius 1 is 1.11 bits per heavy atom. The van der Waals surface area contributed by atoms with E-state index in [0.29, 0.717) is 11.4 Å². The molecule has 0 unspecified atom stereocenters. The van der Waals surface area contributed by atoms with E-state index in [2.05, 4.69) is 10.0 Å². The summed E-state index contributed by atoms with van der Waals surface area (Å²) >= 11 is 0. The minimum absolute atomic E-state index is 0.112. The van der Waals surface area contributed by atoms with E-state index in [9.17, 15) is 18.0 Å². The van der Waals surface area contributed by atoms with Gasteiger partial charge in [0.05, 0.1) is 12.7 Å². The number of carbonyl (C=O) groups excluding carboxylic acids is 1. The fourth-order valence-corrected chi connectivity index (χ4v) is 1.84. The van der Waals surface area contributed by atoms with Gasteiger partial charge in [0.15, 0.2) is 0 Å². The molecule has 8 heteroatoms. The number of aliphatic carboxylic acids is 1. The summed E-state index contributed by atoms with van der Waals surface area (Å²) in [5, 5.41) is 10.9. The first-order valence-corrected chi connectivity index (χ1v) is 7.25. The van der Waals surface area contributed by atoms with Gasteiger partial charge in [0.25, 0.3) is 0 Å². The lowest BCUT2D eigenvalue weighted by molar-refractivity contribution is -0.138. The van der Waals surface area contributed by atoms with Crippen LogP contribution in [-0.2, 0) is 19.6 Å². The number of amides is 1. The Labute approximate surface area is 110 Å². The Bertz CT molecular complexity index is 565. The fraction of sp³-hybridized carbons (Fsp3) is 0.273. The lowest BCUT2D eigenvalue weighted by Crippen LogP contribution is -2.13. The standard InChI is InChI=1S/C11H14N2O5S/c1-19(17,18)13-9-4-2-8(3-5-9)12-10(14)6-7-11(15)16/h2-5,13H,6-7H2,1H3,(H,12,14)(H,15,16). The molecule has 0 spiro atoms. The van der Waals surface area contributed by atoms with Gasteiger partial charge in [-0.3, -0.25) is 14.3 Å². The highest BCUT2D eigenvalue weighted by atomic mass is 32.2. The maximum Gasteiger partial charge on any atom is 0.303 e. The number of anilines is 2. The van der Waals surface area contributed by atoms with Crippen molar-refractivity contribution in [1.82, 2.24) is 0 Å². The number of carboxylic acid groups (broad SMARTS) is 1. The first kappa shape index (κ1) is 15.0. The number of carbonyl (C=O) groups is 2. The largest absolute Gasteiger partial charge is 0.481 e. The minimum atomic E-state index is -3.33. The number of hydrogen-bond acceptors (Lipinski definition) is 4. The molecule has 1 aromatic carbocycles. The molecule has 7 nitrogen and oxygen atoms in total. The molecule has 19 heavy (non-hydrogen) atoms. The lowest BCUT2D eigenvalue weighted by Gasteiger charge is -2.07. The molecule has 1 rings (SSSR count). The van der Waals surface area contributed by atoms with Crippen LogP contribution >= 0.6 is 0 Å². The third-order valence-corrected chi connectivity index (χ3v) is 2.64. The van der Waals surface area contributed by atoms with E-state index in [0.717, 1.165) is 6.26 Å². The quantitative estimate of drug-likeness (QED) is 0.718. The Morgan fingerprint density at radius 3 is 2.11 bits per heavy atom. The molecule has 1 aromatic rings. The van der Waals surface area contributed by atoms with Crippen LogP contribution in [0, 0.1) is 0 Å². The first-order chi connectivity index (χ1) is 8.76. The molecule has 0 radical (unpaired) electrons. The summed E-state index contributed by atoms with van der Waals surface area (Å²) in [5.74, 6) is -1.45. The number of hydrogen-bond donors (Lipinski definition) is 3.